The summed E-state index contributed by atoms with van der Waals surface area (Å²) in [6.45, 7) is 4.51. The van der Waals surface area contributed by atoms with Gasteiger partial charge in [-0.15, -0.1) is 0 Å². The van der Waals surface area contributed by atoms with Crippen LogP contribution in [0.4, 0.5) is 0 Å². The summed E-state index contributed by atoms with van der Waals surface area (Å²) >= 11 is 0. The van der Waals surface area contributed by atoms with Gasteiger partial charge in [0.2, 0.25) is 0 Å². The average Bonchev–Trinajstić information content (AvgIpc) is 2.64. The molecule has 0 saturated carbocycles. The van der Waals surface area contributed by atoms with Gasteiger partial charge in [-0.2, -0.15) is 0 Å². The largest absolute Gasteiger partial charge is 0.389 e. The van der Waals surface area contributed by atoms with Crippen LogP contribution in [-0.4, -0.2) is 56.6 Å². The molecular weight excluding hydrogens is 369 g/mol. The van der Waals surface area contributed by atoms with Crippen LogP contribution in [-0.2, 0) is 9.05 Å². The van der Waals surface area contributed by atoms with Gasteiger partial charge in [0.05, 0.1) is 33.9 Å². The molecule has 0 fully saturated rings. The Morgan fingerprint density at radius 3 is 1.93 bits per heavy atom. The van der Waals surface area contributed by atoms with E-state index in [1.165, 1.54) is 70.6 Å². The van der Waals surface area contributed by atoms with Crippen molar-refractivity contribution in [1.82, 2.24) is 0 Å². The van der Waals surface area contributed by atoms with Crippen LogP contribution in [0, 0.1) is 0 Å². The maximum absolute atomic E-state index is 9.93. The predicted octanol–water partition coefficient (Wildman–Crippen LogP) is 6.24. The van der Waals surface area contributed by atoms with Crippen molar-refractivity contribution in [2.75, 3.05) is 40.9 Å². The summed E-state index contributed by atoms with van der Waals surface area (Å²) in [5, 5.41) is 9.93. The molecule has 0 saturated heterocycles. The molecule has 0 heterocycles. The number of allylic oxidation sites excluding steroid dienone is 1. The highest BCUT2D eigenvalue weighted by atomic mass is 31.1. The maximum Gasteiger partial charge on any atom is 0.155 e. The first-order chi connectivity index (χ1) is 13.5. The molecule has 28 heavy (non-hydrogen) atoms. The topological polar surface area (TPSA) is 38.7 Å². The minimum absolute atomic E-state index is 0.0734. The second-order valence-electron chi connectivity index (χ2n) is 8.90. The molecule has 0 radical (unpaired) electrons. The molecule has 0 spiro atoms. The van der Waals surface area contributed by atoms with Crippen molar-refractivity contribution in [2.45, 2.75) is 96.5 Å². The van der Waals surface area contributed by atoms with Gasteiger partial charge < -0.3 is 18.6 Å². The number of hydrogen-bond acceptors (Lipinski definition) is 3. The lowest BCUT2D eigenvalue weighted by atomic mass is 10.1. The highest BCUT2D eigenvalue weighted by molar-refractivity contribution is 7.26. The van der Waals surface area contributed by atoms with Gasteiger partial charge in [-0.3, -0.25) is 0 Å². The number of likely N-dealkylation sites (N-methyl/N-ethyl adjacent to an activating group) is 1. The Kier molecular flexibility index (Phi) is 20.3. The summed E-state index contributed by atoms with van der Waals surface area (Å²) < 4.78 is 11.8. The van der Waals surface area contributed by atoms with Crippen LogP contribution in [0.1, 0.15) is 90.4 Å². The molecule has 5 heteroatoms. The summed E-state index contributed by atoms with van der Waals surface area (Å²) in [6, 6.07) is 0. The Morgan fingerprint density at radius 2 is 1.36 bits per heavy atom. The fourth-order valence-electron chi connectivity index (χ4n) is 2.90. The van der Waals surface area contributed by atoms with Crippen molar-refractivity contribution in [3.8, 4) is 0 Å². The summed E-state index contributed by atoms with van der Waals surface area (Å²) in [7, 11) is 6.51. The van der Waals surface area contributed by atoms with E-state index in [1.54, 1.807) is 0 Å². The molecule has 0 aliphatic heterocycles. The lowest BCUT2D eigenvalue weighted by Crippen LogP contribution is -2.37. The maximum atomic E-state index is 9.93. The molecule has 0 amide bonds. The minimum Gasteiger partial charge on any atom is -0.389 e. The van der Waals surface area contributed by atoms with Gasteiger partial charge in [-0.1, -0.05) is 83.3 Å². The molecule has 0 aromatic heterocycles. The number of aliphatic hydroxyl groups excluding tert-OH is 1. The third-order valence-corrected chi connectivity index (χ3v) is 5.47. The number of quaternary nitrogens is 1. The summed E-state index contributed by atoms with van der Waals surface area (Å²) in [6.07, 6.45) is 20.5. The van der Waals surface area contributed by atoms with E-state index in [0.29, 0.717) is 19.6 Å². The Hall–Kier alpha value is 0.0100. The van der Waals surface area contributed by atoms with Gasteiger partial charge in [0, 0.05) is 6.42 Å². The molecule has 0 aromatic carbocycles. The van der Waals surface area contributed by atoms with Gasteiger partial charge in [-0.05, 0) is 12.8 Å². The number of unbranched alkanes of at least 4 members (excludes halogenated alkanes) is 11. The van der Waals surface area contributed by atoms with Crippen LogP contribution < -0.4 is 0 Å². The molecule has 4 nitrogen and oxygen atoms in total. The van der Waals surface area contributed by atoms with Crippen LogP contribution in [0.2, 0.25) is 0 Å². The number of rotatable bonds is 21. The molecule has 0 aliphatic carbocycles. The quantitative estimate of drug-likeness (QED) is 0.104. The lowest BCUT2D eigenvalue weighted by Gasteiger charge is -2.23. The van der Waals surface area contributed by atoms with E-state index >= 15 is 0 Å². The van der Waals surface area contributed by atoms with E-state index in [-0.39, 0.29) is 9.03 Å². The third-order valence-electron chi connectivity index (χ3n) is 4.83. The molecule has 2 atom stereocenters. The van der Waals surface area contributed by atoms with E-state index < -0.39 is 6.10 Å². The highest BCUT2D eigenvalue weighted by Crippen LogP contribution is 2.15. The monoisotopic (exact) mass is 418 g/mol. The summed E-state index contributed by atoms with van der Waals surface area (Å²) in [5.41, 5.74) is 0. The van der Waals surface area contributed by atoms with Crippen LogP contribution in [0.25, 0.3) is 0 Å². The average molecular weight is 419 g/mol. The van der Waals surface area contributed by atoms with Gasteiger partial charge in [0.25, 0.3) is 0 Å². The van der Waals surface area contributed by atoms with Crippen LogP contribution in [0.5, 0.6) is 0 Å². The first-order valence-corrected chi connectivity index (χ1v) is 12.4. The number of nitrogens with zero attached hydrogens (tertiary/aromatic N) is 1. The van der Waals surface area contributed by atoms with E-state index in [1.807, 2.05) is 6.08 Å². The molecule has 0 aromatic rings. The molecular formula is C23H49NO3P+. The Balaban J connectivity index is 3.28. The van der Waals surface area contributed by atoms with Crippen molar-refractivity contribution < 1.29 is 18.6 Å². The number of hydrogen-bond donors (Lipinski definition) is 1. The van der Waals surface area contributed by atoms with E-state index in [0.717, 1.165) is 17.4 Å². The Bertz CT molecular complexity index is 345. The first-order valence-electron chi connectivity index (χ1n) is 11.6. The van der Waals surface area contributed by atoms with Crippen molar-refractivity contribution in [3.63, 3.8) is 0 Å². The fraction of sp³-hybridized carbons (Fsp3) is 0.913. The SMILES string of the molecule is CCCCCCCCCCCCC/C=C/C(O)CCOPOCC[N+](C)(C)C. The van der Waals surface area contributed by atoms with E-state index in [9.17, 15) is 5.11 Å². The molecule has 168 valence electrons. The zero-order valence-corrected chi connectivity index (χ0v) is 20.3. The molecule has 1 N–H and O–H groups in total. The lowest BCUT2D eigenvalue weighted by molar-refractivity contribution is -0.870. The zero-order valence-electron chi connectivity index (χ0n) is 19.3. The fourth-order valence-corrected chi connectivity index (χ4v) is 3.36. The molecule has 0 bridgehead atoms. The second kappa shape index (κ2) is 20.3. The zero-order chi connectivity index (χ0) is 20.9. The molecule has 0 aliphatic rings. The van der Waals surface area contributed by atoms with E-state index in [2.05, 4.69) is 34.1 Å². The van der Waals surface area contributed by atoms with Gasteiger partial charge >= 0.3 is 0 Å². The van der Waals surface area contributed by atoms with Crippen molar-refractivity contribution in [2.24, 2.45) is 0 Å². The van der Waals surface area contributed by atoms with E-state index in [4.69, 9.17) is 9.05 Å². The summed E-state index contributed by atoms with van der Waals surface area (Å²) in [4.78, 5) is 0. The number of aliphatic hydroxyl groups is 1. The third kappa shape index (κ3) is 24.0. The van der Waals surface area contributed by atoms with Gasteiger partial charge in [0.15, 0.2) is 9.03 Å². The standard InChI is InChI=1S/C23H49NO3P/c1-5-6-7-8-9-10-11-12-13-14-15-16-17-18-23(25)19-21-26-28-27-22-20-24(2,3)4/h17-18,23,25,28H,5-16,19-22H2,1-4H3/q+1/b18-17+. The molecule has 2 unspecified atom stereocenters. The second-order valence-corrected chi connectivity index (χ2v) is 9.65. The van der Waals surface area contributed by atoms with Crippen LogP contribution >= 0.6 is 9.03 Å². The Morgan fingerprint density at radius 1 is 0.821 bits per heavy atom. The van der Waals surface area contributed by atoms with Crippen LogP contribution in [0.3, 0.4) is 0 Å². The van der Waals surface area contributed by atoms with Gasteiger partial charge in [-0.25, -0.2) is 0 Å². The van der Waals surface area contributed by atoms with Crippen molar-refractivity contribution >= 4 is 9.03 Å². The predicted molar refractivity (Wildman–Crippen MR) is 124 cm³/mol. The van der Waals surface area contributed by atoms with Crippen molar-refractivity contribution in [3.05, 3.63) is 12.2 Å². The normalized spacial score (nSPS) is 13.9. The first kappa shape index (κ1) is 28.0. The minimum atomic E-state index is -0.399. The summed E-state index contributed by atoms with van der Waals surface area (Å²) in [5.74, 6) is 0. The van der Waals surface area contributed by atoms with Crippen molar-refractivity contribution in [1.29, 1.82) is 0 Å². The van der Waals surface area contributed by atoms with Crippen LogP contribution in [0.15, 0.2) is 12.2 Å². The Labute approximate surface area is 177 Å². The highest BCUT2D eigenvalue weighted by Gasteiger charge is 2.06. The smallest absolute Gasteiger partial charge is 0.155 e. The van der Waals surface area contributed by atoms with Gasteiger partial charge in [0.1, 0.15) is 13.2 Å². The molecule has 0 rings (SSSR count).